The van der Waals surface area contributed by atoms with Crippen LogP contribution >= 0.6 is 0 Å². The molecule has 72 valence electrons. The largest absolute Gasteiger partial charge is 0.317 e. The number of hydrogen-bond donors (Lipinski definition) is 0. The molecule has 0 spiro atoms. The average Bonchev–Trinajstić information content (AvgIpc) is 2.49. The molecule has 0 bridgehead atoms. The fourth-order valence-corrected chi connectivity index (χ4v) is 1.67. The minimum atomic E-state index is 1.05. The van der Waals surface area contributed by atoms with Crippen LogP contribution in [0, 0.1) is 20.8 Å². The molecular formula is C12H14N2. The van der Waals surface area contributed by atoms with Gasteiger partial charge >= 0.3 is 0 Å². The van der Waals surface area contributed by atoms with E-state index in [4.69, 9.17) is 0 Å². The molecule has 0 radical (unpaired) electrons. The van der Waals surface area contributed by atoms with Gasteiger partial charge in [0.05, 0.1) is 11.9 Å². The molecule has 0 saturated carbocycles. The van der Waals surface area contributed by atoms with Crippen LogP contribution in [0.25, 0.3) is 5.69 Å². The summed E-state index contributed by atoms with van der Waals surface area (Å²) in [4.78, 5) is 4.30. The van der Waals surface area contributed by atoms with E-state index in [1.54, 1.807) is 0 Å². The highest BCUT2D eigenvalue weighted by Crippen LogP contribution is 2.15. The Morgan fingerprint density at radius 2 is 1.57 bits per heavy atom. The Balaban J connectivity index is 2.54. The normalized spacial score (nSPS) is 10.5. The molecule has 0 amide bonds. The first-order valence-electron chi connectivity index (χ1n) is 4.76. The number of aromatic nitrogens is 2. The average molecular weight is 186 g/mol. The van der Waals surface area contributed by atoms with E-state index in [2.05, 4.69) is 41.6 Å². The predicted molar refractivity (Wildman–Crippen MR) is 57.8 cm³/mol. The Labute approximate surface area is 84.2 Å². The lowest BCUT2D eigenvalue weighted by atomic mass is 10.3. The van der Waals surface area contributed by atoms with Crippen molar-refractivity contribution >= 4 is 0 Å². The SMILES string of the molecule is Cc1ccc(-n2c(C)ccc2C)cn1. The van der Waals surface area contributed by atoms with Crippen molar-refractivity contribution in [2.24, 2.45) is 0 Å². The lowest BCUT2D eigenvalue weighted by Crippen LogP contribution is -1.99. The molecule has 2 aromatic heterocycles. The third kappa shape index (κ3) is 1.43. The summed E-state index contributed by atoms with van der Waals surface area (Å²) in [6.45, 7) is 6.21. The van der Waals surface area contributed by atoms with Crippen LogP contribution in [0.3, 0.4) is 0 Å². The van der Waals surface area contributed by atoms with Crippen LogP contribution in [-0.2, 0) is 0 Å². The minimum absolute atomic E-state index is 1.05. The molecule has 0 atom stereocenters. The Hall–Kier alpha value is -1.57. The van der Waals surface area contributed by atoms with Crippen molar-refractivity contribution < 1.29 is 0 Å². The van der Waals surface area contributed by atoms with Crippen molar-refractivity contribution in [2.45, 2.75) is 20.8 Å². The standard InChI is InChI=1S/C12H14N2/c1-9-4-7-12(8-13-9)14-10(2)5-6-11(14)3/h4-8H,1-3H3. The number of hydrogen-bond acceptors (Lipinski definition) is 1. The second kappa shape index (κ2) is 3.29. The molecule has 14 heavy (non-hydrogen) atoms. The van der Waals surface area contributed by atoms with E-state index in [-0.39, 0.29) is 0 Å². The van der Waals surface area contributed by atoms with E-state index in [1.807, 2.05) is 19.2 Å². The topological polar surface area (TPSA) is 17.8 Å². The second-order valence-electron chi connectivity index (χ2n) is 3.61. The zero-order valence-electron chi connectivity index (χ0n) is 8.78. The fraction of sp³-hybridized carbons (Fsp3) is 0.250. The van der Waals surface area contributed by atoms with E-state index in [0.29, 0.717) is 0 Å². The second-order valence-corrected chi connectivity index (χ2v) is 3.61. The van der Waals surface area contributed by atoms with E-state index in [0.717, 1.165) is 11.4 Å². The van der Waals surface area contributed by atoms with Crippen molar-refractivity contribution in [3.63, 3.8) is 0 Å². The van der Waals surface area contributed by atoms with Gasteiger partial charge in [0.25, 0.3) is 0 Å². The Kier molecular flexibility index (Phi) is 2.12. The van der Waals surface area contributed by atoms with E-state index < -0.39 is 0 Å². The molecule has 0 N–H and O–H groups in total. The van der Waals surface area contributed by atoms with Gasteiger partial charge in [-0.2, -0.15) is 0 Å². The van der Waals surface area contributed by atoms with Gasteiger partial charge < -0.3 is 4.57 Å². The molecule has 2 rings (SSSR count). The van der Waals surface area contributed by atoms with Gasteiger partial charge in [-0.3, -0.25) is 4.98 Å². The molecule has 0 aliphatic rings. The van der Waals surface area contributed by atoms with E-state index in [1.165, 1.54) is 11.4 Å². The molecule has 2 aromatic rings. The molecule has 2 heterocycles. The highest BCUT2D eigenvalue weighted by molar-refractivity contribution is 5.35. The molecule has 2 heteroatoms. The Bertz CT molecular complexity index is 418. The summed E-state index contributed by atoms with van der Waals surface area (Å²) in [6, 6.07) is 8.38. The van der Waals surface area contributed by atoms with Crippen LogP contribution < -0.4 is 0 Å². The van der Waals surface area contributed by atoms with Gasteiger partial charge in [0.1, 0.15) is 0 Å². The van der Waals surface area contributed by atoms with Gasteiger partial charge in [0.15, 0.2) is 0 Å². The Morgan fingerprint density at radius 1 is 0.929 bits per heavy atom. The van der Waals surface area contributed by atoms with E-state index >= 15 is 0 Å². The summed E-state index contributed by atoms with van der Waals surface area (Å²) in [5.41, 5.74) is 4.67. The number of nitrogens with zero attached hydrogens (tertiary/aromatic N) is 2. The molecule has 0 aromatic carbocycles. The summed E-state index contributed by atoms with van der Waals surface area (Å²) in [5.74, 6) is 0. The zero-order valence-corrected chi connectivity index (χ0v) is 8.78. The molecule has 2 nitrogen and oxygen atoms in total. The maximum Gasteiger partial charge on any atom is 0.0638 e. The van der Waals surface area contributed by atoms with Crippen LogP contribution in [-0.4, -0.2) is 9.55 Å². The first-order chi connectivity index (χ1) is 6.68. The molecule has 0 aliphatic heterocycles. The summed E-state index contributed by atoms with van der Waals surface area (Å²) in [7, 11) is 0. The van der Waals surface area contributed by atoms with Crippen molar-refractivity contribution in [1.82, 2.24) is 9.55 Å². The van der Waals surface area contributed by atoms with Crippen molar-refractivity contribution in [3.8, 4) is 5.69 Å². The lowest BCUT2D eigenvalue weighted by molar-refractivity contribution is 0.951. The predicted octanol–water partition coefficient (Wildman–Crippen LogP) is 2.80. The van der Waals surface area contributed by atoms with Gasteiger partial charge in [-0.15, -0.1) is 0 Å². The Morgan fingerprint density at radius 3 is 2.07 bits per heavy atom. The minimum Gasteiger partial charge on any atom is -0.317 e. The quantitative estimate of drug-likeness (QED) is 0.669. The highest BCUT2D eigenvalue weighted by Gasteiger charge is 2.02. The maximum atomic E-state index is 4.30. The van der Waals surface area contributed by atoms with Crippen LogP contribution in [0.15, 0.2) is 30.5 Å². The van der Waals surface area contributed by atoms with Gasteiger partial charge in [0, 0.05) is 17.1 Å². The van der Waals surface area contributed by atoms with Crippen molar-refractivity contribution in [2.75, 3.05) is 0 Å². The van der Waals surface area contributed by atoms with Crippen molar-refractivity contribution in [1.29, 1.82) is 0 Å². The van der Waals surface area contributed by atoms with Crippen LogP contribution in [0.2, 0.25) is 0 Å². The molecular weight excluding hydrogens is 172 g/mol. The van der Waals surface area contributed by atoms with E-state index in [9.17, 15) is 0 Å². The maximum absolute atomic E-state index is 4.30. The highest BCUT2D eigenvalue weighted by atomic mass is 15.0. The first kappa shape index (κ1) is 9.00. The third-order valence-corrected chi connectivity index (χ3v) is 2.43. The van der Waals surface area contributed by atoms with Gasteiger partial charge in [-0.05, 0) is 45.0 Å². The molecule has 0 fully saturated rings. The van der Waals surface area contributed by atoms with Crippen LogP contribution in [0.4, 0.5) is 0 Å². The lowest BCUT2D eigenvalue weighted by Gasteiger charge is -2.08. The summed E-state index contributed by atoms with van der Waals surface area (Å²) < 4.78 is 2.20. The summed E-state index contributed by atoms with van der Waals surface area (Å²) in [6.07, 6.45) is 1.91. The monoisotopic (exact) mass is 186 g/mol. The van der Waals surface area contributed by atoms with Gasteiger partial charge in [0.2, 0.25) is 0 Å². The van der Waals surface area contributed by atoms with Gasteiger partial charge in [-0.25, -0.2) is 0 Å². The number of pyridine rings is 1. The molecule has 0 unspecified atom stereocenters. The number of rotatable bonds is 1. The van der Waals surface area contributed by atoms with Crippen molar-refractivity contribution in [3.05, 3.63) is 47.5 Å². The summed E-state index contributed by atoms with van der Waals surface area (Å²) >= 11 is 0. The van der Waals surface area contributed by atoms with Crippen LogP contribution in [0.5, 0.6) is 0 Å². The molecule has 0 aliphatic carbocycles. The van der Waals surface area contributed by atoms with Crippen LogP contribution in [0.1, 0.15) is 17.1 Å². The first-order valence-corrected chi connectivity index (χ1v) is 4.76. The number of aryl methyl sites for hydroxylation is 3. The molecule has 0 saturated heterocycles. The summed E-state index contributed by atoms with van der Waals surface area (Å²) in [5, 5.41) is 0. The fourth-order valence-electron chi connectivity index (χ4n) is 1.67. The third-order valence-electron chi connectivity index (χ3n) is 2.43. The van der Waals surface area contributed by atoms with Gasteiger partial charge in [-0.1, -0.05) is 0 Å². The smallest absolute Gasteiger partial charge is 0.0638 e. The zero-order chi connectivity index (χ0) is 10.1.